The summed E-state index contributed by atoms with van der Waals surface area (Å²) in [5.74, 6) is 6.38. The van der Waals surface area contributed by atoms with Gasteiger partial charge in [0.1, 0.15) is 15.9 Å². The molecule has 104 valence electrons. The lowest BCUT2D eigenvalue weighted by molar-refractivity contribution is 0.123. The molecule has 0 aliphatic carbocycles. The zero-order chi connectivity index (χ0) is 14.5. The number of nitrogens with zero attached hydrogens (tertiary/aromatic N) is 2. The van der Waals surface area contributed by atoms with Crippen LogP contribution in [0, 0.1) is 23.2 Å². The number of rotatable bonds is 1. The molecule has 2 aromatic rings. The molecule has 0 atom stereocenters. The van der Waals surface area contributed by atoms with Gasteiger partial charge in [0.25, 0.3) is 0 Å². The van der Waals surface area contributed by atoms with Gasteiger partial charge in [0.2, 0.25) is 0 Å². The third-order valence-corrected chi connectivity index (χ3v) is 4.34. The van der Waals surface area contributed by atoms with E-state index in [-0.39, 0.29) is 0 Å². The fourth-order valence-electron chi connectivity index (χ4n) is 2.19. The monoisotopic (exact) mass is 294 g/mol. The topological polar surface area (TPSA) is 36.3 Å². The Bertz CT molecular complexity index is 713. The van der Waals surface area contributed by atoms with Crippen molar-refractivity contribution < 1.29 is 4.74 Å². The lowest BCUT2D eigenvalue weighted by Gasteiger charge is -2.27. The van der Waals surface area contributed by atoms with Crippen LogP contribution in [0.25, 0.3) is 0 Å². The molecule has 0 bridgehead atoms. The summed E-state index contributed by atoms with van der Waals surface area (Å²) in [6.45, 7) is 3.16. The molecule has 1 aliphatic heterocycles. The van der Waals surface area contributed by atoms with Crippen LogP contribution in [-0.4, -0.2) is 26.3 Å². The molecule has 1 aromatic carbocycles. The lowest BCUT2D eigenvalue weighted by atomic mass is 10.2. The average molecular weight is 294 g/mol. The van der Waals surface area contributed by atoms with Crippen molar-refractivity contribution in [3.8, 4) is 17.9 Å². The largest absolute Gasteiger partial charge is 0.378 e. The molecule has 3 nitrogen and oxygen atoms in total. The van der Waals surface area contributed by atoms with Gasteiger partial charge >= 0.3 is 0 Å². The molecule has 2 heterocycles. The fraction of sp³-hybridized carbons (Fsp3) is 0.235. The Morgan fingerprint density at radius 3 is 2.57 bits per heavy atom. The Morgan fingerprint density at radius 2 is 1.86 bits per heavy atom. The van der Waals surface area contributed by atoms with E-state index >= 15 is 0 Å². The van der Waals surface area contributed by atoms with Crippen molar-refractivity contribution in [3.05, 3.63) is 52.4 Å². The minimum Gasteiger partial charge on any atom is -0.378 e. The minimum absolute atomic E-state index is 0.703. The van der Waals surface area contributed by atoms with E-state index < -0.39 is 0 Å². The predicted octanol–water partition coefficient (Wildman–Crippen LogP) is 2.86. The van der Waals surface area contributed by atoms with Crippen LogP contribution in [0.4, 0.5) is 5.00 Å². The summed E-state index contributed by atoms with van der Waals surface area (Å²) in [6, 6.07) is 14.0. The van der Waals surface area contributed by atoms with Gasteiger partial charge in [0.15, 0.2) is 0 Å². The van der Waals surface area contributed by atoms with Crippen molar-refractivity contribution in [1.29, 1.82) is 5.26 Å². The van der Waals surface area contributed by atoms with E-state index in [0.29, 0.717) is 4.88 Å². The maximum Gasteiger partial charge on any atom is 0.110 e. The van der Waals surface area contributed by atoms with Gasteiger partial charge in [-0.15, -0.1) is 11.3 Å². The summed E-state index contributed by atoms with van der Waals surface area (Å²) >= 11 is 1.51. The number of hydrogen-bond donors (Lipinski definition) is 0. The molecule has 0 N–H and O–H groups in total. The zero-order valence-electron chi connectivity index (χ0n) is 11.5. The molecule has 1 aromatic heterocycles. The van der Waals surface area contributed by atoms with E-state index in [9.17, 15) is 0 Å². The van der Waals surface area contributed by atoms with Crippen molar-refractivity contribution >= 4 is 16.3 Å². The molecule has 1 fully saturated rings. The Morgan fingerprint density at radius 1 is 1.10 bits per heavy atom. The predicted molar refractivity (Wildman–Crippen MR) is 84.5 cm³/mol. The lowest BCUT2D eigenvalue weighted by Crippen LogP contribution is -2.36. The zero-order valence-corrected chi connectivity index (χ0v) is 12.3. The van der Waals surface area contributed by atoms with Gasteiger partial charge in [0.05, 0.1) is 18.8 Å². The molecule has 0 unspecified atom stereocenters. The van der Waals surface area contributed by atoms with Gasteiger partial charge in [-0.05, 0) is 18.2 Å². The third-order valence-electron chi connectivity index (χ3n) is 3.24. The van der Waals surface area contributed by atoms with E-state index in [1.165, 1.54) is 11.3 Å². The SMILES string of the molecule is N#Cc1cc(C#Cc2ccccc2)c(N2CCOCC2)s1. The summed E-state index contributed by atoms with van der Waals surface area (Å²) in [5, 5.41) is 10.2. The molecule has 0 spiro atoms. The van der Waals surface area contributed by atoms with Crippen molar-refractivity contribution in [2.45, 2.75) is 0 Å². The highest BCUT2D eigenvalue weighted by Crippen LogP contribution is 2.31. The minimum atomic E-state index is 0.703. The first-order valence-corrected chi connectivity index (χ1v) is 7.62. The van der Waals surface area contributed by atoms with Gasteiger partial charge in [-0.2, -0.15) is 5.26 Å². The molecule has 0 saturated carbocycles. The molecule has 4 heteroatoms. The van der Waals surface area contributed by atoms with Gasteiger partial charge in [-0.1, -0.05) is 30.0 Å². The maximum absolute atomic E-state index is 9.13. The van der Waals surface area contributed by atoms with Crippen molar-refractivity contribution in [2.24, 2.45) is 0 Å². The molecule has 0 amide bonds. The van der Waals surface area contributed by atoms with Crippen LogP contribution < -0.4 is 4.90 Å². The summed E-state index contributed by atoms with van der Waals surface area (Å²) in [7, 11) is 0. The summed E-state index contributed by atoms with van der Waals surface area (Å²) in [6.07, 6.45) is 0. The third kappa shape index (κ3) is 3.25. The molecular formula is C17H14N2OS. The smallest absolute Gasteiger partial charge is 0.110 e. The number of morpholine rings is 1. The van der Waals surface area contributed by atoms with Crippen LogP contribution in [0.15, 0.2) is 36.4 Å². The number of thiophene rings is 1. The van der Waals surface area contributed by atoms with Crippen LogP contribution in [0.1, 0.15) is 16.0 Å². The Kier molecular flexibility index (Phi) is 4.21. The number of anilines is 1. The summed E-state index contributed by atoms with van der Waals surface area (Å²) in [5.41, 5.74) is 1.91. The van der Waals surface area contributed by atoms with Crippen molar-refractivity contribution in [1.82, 2.24) is 0 Å². The standard InChI is InChI=1S/C17H14N2OS/c18-13-16-12-15(7-6-14-4-2-1-3-5-14)17(21-16)19-8-10-20-11-9-19/h1-5,12H,8-11H2. The van der Waals surface area contributed by atoms with Gasteiger partial charge in [-0.25, -0.2) is 0 Å². The molecule has 21 heavy (non-hydrogen) atoms. The van der Waals surface area contributed by atoms with E-state index in [1.807, 2.05) is 36.4 Å². The Labute approximate surface area is 128 Å². The fourth-order valence-corrected chi connectivity index (χ4v) is 3.15. The second-order valence-electron chi connectivity index (χ2n) is 4.66. The molecule has 1 aliphatic rings. The average Bonchev–Trinajstić information content (AvgIpc) is 2.98. The quantitative estimate of drug-likeness (QED) is 0.759. The number of benzene rings is 1. The first-order valence-electron chi connectivity index (χ1n) is 6.80. The first-order chi connectivity index (χ1) is 10.4. The van der Waals surface area contributed by atoms with E-state index in [2.05, 4.69) is 22.8 Å². The summed E-state index contributed by atoms with van der Waals surface area (Å²) < 4.78 is 5.39. The highest BCUT2D eigenvalue weighted by molar-refractivity contribution is 7.16. The van der Waals surface area contributed by atoms with Crippen molar-refractivity contribution in [2.75, 3.05) is 31.2 Å². The Balaban J connectivity index is 1.92. The Hall–Kier alpha value is -2.27. The van der Waals surface area contributed by atoms with Gasteiger partial charge in [0, 0.05) is 18.7 Å². The van der Waals surface area contributed by atoms with E-state index in [0.717, 1.165) is 42.4 Å². The van der Waals surface area contributed by atoms with Crippen LogP contribution in [0.3, 0.4) is 0 Å². The van der Waals surface area contributed by atoms with Crippen molar-refractivity contribution in [3.63, 3.8) is 0 Å². The van der Waals surface area contributed by atoms with Crippen LogP contribution in [0.2, 0.25) is 0 Å². The molecule has 1 saturated heterocycles. The highest BCUT2D eigenvalue weighted by atomic mass is 32.1. The van der Waals surface area contributed by atoms with E-state index in [4.69, 9.17) is 10.00 Å². The van der Waals surface area contributed by atoms with Crippen LogP contribution in [-0.2, 0) is 4.74 Å². The number of ether oxygens (including phenoxy) is 1. The van der Waals surface area contributed by atoms with Crippen LogP contribution >= 0.6 is 11.3 Å². The molecule has 3 rings (SSSR count). The second-order valence-corrected chi connectivity index (χ2v) is 5.69. The van der Waals surface area contributed by atoms with E-state index in [1.54, 1.807) is 0 Å². The van der Waals surface area contributed by atoms with Gasteiger partial charge in [-0.3, -0.25) is 0 Å². The van der Waals surface area contributed by atoms with Crippen LogP contribution in [0.5, 0.6) is 0 Å². The summed E-state index contributed by atoms with van der Waals surface area (Å²) in [4.78, 5) is 2.96. The second kappa shape index (κ2) is 6.45. The normalized spacial score (nSPS) is 14.1. The number of hydrogen-bond acceptors (Lipinski definition) is 4. The molecule has 0 radical (unpaired) electrons. The highest BCUT2D eigenvalue weighted by Gasteiger charge is 2.17. The van der Waals surface area contributed by atoms with Gasteiger partial charge < -0.3 is 9.64 Å². The number of nitriles is 1. The maximum atomic E-state index is 9.13. The molecular weight excluding hydrogens is 280 g/mol. The first kappa shape index (κ1) is 13.7.